The van der Waals surface area contributed by atoms with Gasteiger partial charge in [0.25, 0.3) is 0 Å². The number of nitrogens with zero attached hydrogens (tertiary/aromatic N) is 3. The molecule has 3 amide bonds. The summed E-state index contributed by atoms with van der Waals surface area (Å²) in [6.07, 6.45) is 3.38. The highest BCUT2D eigenvalue weighted by molar-refractivity contribution is 5.96. The van der Waals surface area contributed by atoms with Crippen LogP contribution in [0.1, 0.15) is 32.6 Å². The number of likely N-dealkylation sites (N-methyl/N-ethyl adjacent to an activating group) is 1. The molecule has 0 radical (unpaired) electrons. The summed E-state index contributed by atoms with van der Waals surface area (Å²) in [7, 11) is 0. The Kier molecular flexibility index (Phi) is 6.75. The van der Waals surface area contributed by atoms with Gasteiger partial charge in [0.05, 0.1) is 19.8 Å². The Morgan fingerprint density at radius 2 is 1.77 bits per heavy atom. The molecule has 0 bridgehead atoms. The number of hydrogen-bond donors (Lipinski definition) is 1. The van der Waals surface area contributed by atoms with Crippen molar-refractivity contribution < 1.29 is 19.1 Å². The minimum Gasteiger partial charge on any atom is -0.378 e. The molecule has 2 aliphatic heterocycles. The van der Waals surface area contributed by atoms with Crippen LogP contribution in [0.5, 0.6) is 0 Å². The molecule has 31 heavy (non-hydrogen) atoms. The second kappa shape index (κ2) is 9.68. The summed E-state index contributed by atoms with van der Waals surface area (Å²) < 4.78 is 5.38. The van der Waals surface area contributed by atoms with Crippen molar-refractivity contribution in [2.45, 2.75) is 38.6 Å². The molecule has 3 aliphatic rings. The van der Waals surface area contributed by atoms with E-state index in [4.69, 9.17) is 4.74 Å². The summed E-state index contributed by atoms with van der Waals surface area (Å²) in [4.78, 5) is 43.7. The maximum Gasteiger partial charge on any atom is 0.245 e. The van der Waals surface area contributed by atoms with Crippen LogP contribution >= 0.6 is 0 Å². The van der Waals surface area contributed by atoms with Gasteiger partial charge >= 0.3 is 0 Å². The van der Waals surface area contributed by atoms with E-state index in [-0.39, 0.29) is 30.2 Å². The zero-order valence-electron chi connectivity index (χ0n) is 18.2. The van der Waals surface area contributed by atoms with Crippen LogP contribution in [0.2, 0.25) is 0 Å². The van der Waals surface area contributed by atoms with Crippen molar-refractivity contribution in [3.8, 4) is 0 Å². The Hall–Kier alpha value is -2.61. The standard InChI is InChI=1S/C23H32N4O4/c1-2-25(23(30)20-4-3-11-27(20)22(29)17-5-6-17)16-21(28)24-18-7-9-19(10-8-18)26-12-14-31-15-13-26/h7-10,17,20H,2-6,11-16H2,1H3,(H,24,28). The van der Waals surface area contributed by atoms with E-state index in [1.807, 2.05) is 31.2 Å². The topological polar surface area (TPSA) is 82.2 Å². The van der Waals surface area contributed by atoms with Crippen molar-refractivity contribution in [1.29, 1.82) is 0 Å². The third kappa shape index (κ3) is 5.18. The lowest BCUT2D eigenvalue weighted by atomic mass is 10.1. The molecule has 168 valence electrons. The van der Waals surface area contributed by atoms with Gasteiger partial charge < -0.3 is 24.8 Å². The number of anilines is 2. The SMILES string of the molecule is CCN(CC(=O)Nc1ccc(N2CCOCC2)cc1)C(=O)C1CCCN1C(=O)C1CC1. The number of carbonyl (C=O) groups excluding carboxylic acids is 3. The van der Waals surface area contributed by atoms with Crippen LogP contribution in [-0.2, 0) is 19.1 Å². The molecular weight excluding hydrogens is 396 g/mol. The smallest absolute Gasteiger partial charge is 0.245 e. The highest BCUT2D eigenvalue weighted by Crippen LogP contribution is 2.34. The van der Waals surface area contributed by atoms with Gasteiger partial charge in [-0.05, 0) is 56.9 Å². The Balaban J connectivity index is 1.32. The first-order chi connectivity index (χ1) is 15.1. The van der Waals surface area contributed by atoms with Crippen LogP contribution < -0.4 is 10.2 Å². The number of rotatable bonds is 7. The summed E-state index contributed by atoms with van der Waals surface area (Å²) in [5.74, 6) is -0.136. The van der Waals surface area contributed by atoms with Crippen molar-refractivity contribution in [1.82, 2.24) is 9.80 Å². The molecule has 0 aromatic heterocycles. The van der Waals surface area contributed by atoms with Crippen molar-refractivity contribution in [3.05, 3.63) is 24.3 Å². The van der Waals surface area contributed by atoms with Gasteiger partial charge in [0, 0.05) is 43.5 Å². The predicted molar refractivity (Wildman–Crippen MR) is 118 cm³/mol. The van der Waals surface area contributed by atoms with Crippen LogP contribution in [0.25, 0.3) is 0 Å². The molecule has 8 nitrogen and oxygen atoms in total. The molecule has 1 aliphatic carbocycles. The number of hydrogen-bond acceptors (Lipinski definition) is 5. The quantitative estimate of drug-likeness (QED) is 0.715. The first-order valence-corrected chi connectivity index (χ1v) is 11.4. The average molecular weight is 429 g/mol. The number of benzene rings is 1. The molecule has 1 unspecified atom stereocenters. The fraction of sp³-hybridized carbons (Fsp3) is 0.609. The molecule has 1 atom stereocenters. The molecule has 2 heterocycles. The van der Waals surface area contributed by atoms with E-state index in [1.54, 1.807) is 9.80 Å². The molecule has 1 N–H and O–H groups in total. The molecule has 3 fully saturated rings. The van der Waals surface area contributed by atoms with Gasteiger partial charge in [-0.25, -0.2) is 0 Å². The summed E-state index contributed by atoms with van der Waals surface area (Å²) in [5, 5.41) is 2.89. The summed E-state index contributed by atoms with van der Waals surface area (Å²) in [5.41, 5.74) is 1.81. The minimum atomic E-state index is -0.423. The molecule has 2 saturated heterocycles. The van der Waals surface area contributed by atoms with Crippen molar-refractivity contribution in [3.63, 3.8) is 0 Å². The van der Waals surface area contributed by atoms with Crippen molar-refractivity contribution >= 4 is 29.1 Å². The summed E-state index contributed by atoms with van der Waals surface area (Å²) >= 11 is 0. The molecule has 1 aromatic carbocycles. The molecule has 8 heteroatoms. The Bertz CT molecular complexity index is 802. The van der Waals surface area contributed by atoms with E-state index >= 15 is 0 Å². The van der Waals surface area contributed by atoms with E-state index in [0.29, 0.717) is 25.2 Å². The largest absolute Gasteiger partial charge is 0.378 e. The number of nitrogens with one attached hydrogen (secondary N) is 1. The van der Waals surface area contributed by atoms with Gasteiger partial charge in [0.15, 0.2) is 0 Å². The average Bonchev–Trinajstić information content (AvgIpc) is 3.54. The third-order valence-electron chi connectivity index (χ3n) is 6.30. The van der Waals surface area contributed by atoms with Crippen LogP contribution in [0.4, 0.5) is 11.4 Å². The second-order valence-corrected chi connectivity index (χ2v) is 8.51. The molecule has 0 spiro atoms. The first kappa shape index (κ1) is 21.6. The van der Waals surface area contributed by atoms with Gasteiger partial charge in [0.2, 0.25) is 17.7 Å². The lowest BCUT2D eigenvalue weighted by Gasteiger charge is -2.29. The van der Waals surface area contributed by atoms with Crippen LogP contribution in [0.15, 0.2) is 24.3 Å². The van der Waals surface area contributed by atoms with Gasteiger partial charge in [-0.3, -0.25) is 14.4 Å². The van der Waals surface area contributed by atoms with Crippen LogP contribution in [0.3, 0.4) is 0 Å². The number of morpholine rings is 1. The first-order valence-electron chi connectivity index (χ1n) is 11.4. The van der Waals surface area contributed by atoms with E-state index in [2.05, 4.69) is 10.2 Å². The number of carbonyl (C=O) groups is 3. The van der Waals surface area contributed by atoms with Crippen molar-refractivity contribution in [2.75, 3.05) is 56.2 Å². The molecule has 1 aromatic rings. The number of ether oxygens (including phenoxy) is 1. The van der Waals surface area contributed by atoms with Crippen LogP contribution in [0, 0.1) is 5.92 Å². The van der Waals surface area contributed by atoms with Gasteiger partial charge in [0.1, 0.15) is 6.04 Å². The van der Waals surface area contributed by atoms with Crippen LogP contribution in [-0.4, -0.2) is 79.5 Å². The normalized spacial score (nSPS) is 21.1. The van der Waals surface area contributed by atoms with E-state index in [0.717, 1.165) is 51.3 Å². The fourth-order valence-corrected chi connectivity index (χ4v) is 4.36. The maximum atomic E-state index is 13.1. The zero-order valence-corrected chi connectivity index (χ0v) is 18.2. The third-order valence-corrected chi connectivity index (χ3v) is 6.30. The number of amides is 3. The predicted octanol–water partition coefficient (Wildman–Crippen LogP) is 1.71. The zero-order chi connectivity index (χ0) is 21.8. The van der Waals surface area contributed by atoms with Crippen molar-refractivity contribution in [2.24, 2.45) is 5.92 Å². The van der Waals surface area contributed by atoms with E-state index < -0.39 is 6.04 Å². The summed E-state index contributed by atoms with van der Waals surface area (Å²) in [6, 6.07) is 7.32. The molecular formula is C23H32N4O4. The van der Waals surface area contributed by atoms with Gasteiger partial charge in [-0.2, -0.15) is 0 Å². The van der Waals surface area contributed by atoms with E-state index in [9.17, 15) is 14.4 Å². The lowest BCUT2D eigenvalue weighted by molar-refractivity contribution is -0.145. The molecule has 1 saturated carbocycles. The van der Waals surface area contributed by atoms with E-state index in [1.165, 1.54) is 0 Å². The minimum absolute atomic E-state index is 0.0114. The Morgan fingerprint density at radius 3 is 2.42 bits per heavy atom. The Labute approximate surface area is 183 Å². The molecule has 4 rings (SSSR count). The monoisotopic (exact) mass is 428 g/mol. The van der Waals surface area contributed by atoms with Gasteiger partial charge in [-0.15, -0.1) is 0 Å². The highest BCUT2D eigenvalue weighted by atomic mass is 16.5. The second-order valence-electron chi connectivity index (χ2n) is 8.51. The summed E-state index contributed by atoms with van der Waals surface area (Å²) in [6.45, 7) is 6.11. The van der Waals surface area contributed by atoms with Gasteiger partial charge in [-0.1, -0.05) is 0 Å². The highest BCUT2D eigenvalue weighted by Gasteiger charge is 2.42. The Morgan fingerprint density at radius 1 is 1.06 bits per heavy atom. The number of likely N-dealkylation sites (tertiary alicyclic amines) is 1. The lowest BCUT2D eigenvalue weighted by Crippen LogP contribution is -2.50. The fourth-order valence-electron chi connectivity index (χ4n) is 4.36. The maximum absolute atomic E-state index is 13.1.